The summed E-state index contributed by atoms with van der Waals surface area (Å²) in [6.07, 6.45) is 4.13. The fourth-order valence-corrected chi connectivity index (χ4v) is 2.59. The smallest absolute Gasteiger partial charge is 0.261 e. The van der Waals surface area contributed by atoms with E-state index in [1.807, 2.05) is 0 Å². The number of nitrogens with one attached hydrogen (secondary N) is 2. The van der Waals surface area contributed by atoms with E-state index in [0.717, 1.165) is 6.21 Å². The summed E-state index contributed by atoms with van der Waals surface area (Å²) in [6.45, 7) is 1.10. The molecular formula is C12H14FN3O3S. The Hall–Kier alpha value is -1.67. The first kappa shape index (κ1) is 14.7. The van der Waals surface area contributed by atoms with Gasteiger partial charge in [-0.15, -0.1) is 3.89 Å². The summed E-state index contributed by atoms with van der Waals surface area (Å²) < 4.78 is 21.3. The van der Waals surface area contributed by atoms with Crippen molar-refractivity contribution in [3.05, 3.63) is 27.7 Å². The first-order valence-corrected chi connectivity index (χ1v) is 6.80. The van der Waals surface area contributed by atoms with Gasteiger partial charge in [0.2, 0.25) is 0 Å². The molecule has 0 spiro atoms. The zero-order chi connectivity index (χ0) is 14.5. The van der Waals surface area contributed by atoms with Crippen LogP contribution in [0.2, 0.25) is 0 Å². The van der Waals surface area contributed by atoms with Crippen molar-refractivity contribution in [2.24, 2.45) is 0 Å². The molecule has 1 aromatic heterocycles. The van der Waals surface area contributed by atoms with Gasteiger partial charge in [0.15, 0.2) is 18.6 Å². The highest BCUT2D eigenvalue weighted by Crippen LogP contribution is 2.24. The summed E-state index contributed by atoms with van der Waals surface area (Å²) in [5.74, 6) is 0. The third kappa shape index (κ3) is 2.75. The number of ether oxygens (including phenoxy) is 1. The molecule has 0 atom stereocenters. The van der Waals surface area contributed by atoms with Gasteiger partial charge in [0.1, 0.15) is 0 Å². The van der Waals surface area contributed by atoms with Crippen LogP contribution in [0.25, 0.3) is 0 Å². The largest absolute Gasteiger partial charge is 0.381 e. The van der Waals surface area contributed by atoms with Crippen LogP contribution in [0.15, 0.2) is 11.0 Å². The van der Waals surface area contributed by atoms with E-state index >= 15 is 0 Å². The molecule has 0 unspecified atom stereocenters. The monoisotopic (exact) mass is 299 g/mol. The summed E-state index contributed by atoms with van der Waals surface area (Å²) in [4.78, 5) is 23.5. The van der Waals surface area contributed by atoms with Crippen LogP contribution < -0.4 is 10.3 Å². The third-order valence-electron chi connectivity index (χ3n) is 3.30. The Morgan fingerprint density at radius 2 is 2.20 bits per heavy atom. The van der Waals surface area contributed by atoms with E-state index in [2.05, 4.69) is 4.72 Å². The van der Waals surface area contributed by atoms with E-state index in [1.54, 1.807) is 0 Å². The van der Waals surface area contributed by atoms with Gasteiger partial charge in [0, 0.05) is 31.7 Å². The second-order valence-corrected chi connectivity index (χ2v) is 4.73. The number of hydrogen-bond acceptors (Lipinski definition) is 6. The molecule has 2 N–H and O–H groups in total. The number of carbonyl (C=O) groups is 1. The molecule has 6 nitrogen and oxygen atoms in total. The third-order valence-corrected chi connectivity index (χ3v) is 3.58. The van der Waals surface area contributed by atoms with Gasteiger partial charge < -0.3 is 19.4 Å². The molecule has 1 fully saturated rings. The zero-order valence-electron chi connectivity index (χ0n) is 10.6. The van der Waals surface area contributed by atoms with E-state index in [-0.39, 0.29) is 35.2 Å². The molecule has 0 aliphatic carbocycles. The minimum Gasteiger partial charge on any atom is -0.381 e. The number of halogens is 1. The second kappa shape index (κ2) is 6.67. The van der Waals surface area contributed by atoms with Crippen LogP contribution in [0.1, 0.15) is 34.8 Å². The topological polar surface area (TPSA) is 84.2 Å². The molecular weight excluding hydrogens is 285 g/mol. The van der Waals surface area contributed by atoms with Gasteiger partial charge in [-0.05, 0) is 12.8 Å². The van der Waals surface area contributed by atoms with Crippen LogP contribution >= 0.6 is 12.3 Å². The number of pyridine rings is 1. The normalized spacial score (nSPS) is 15.8. The highest BCUT2D eigenvalue weighted by atomic mass is 32.2. The van der Waals surface area contributed by atoms with Gasteiger partial charge >= 0.3 is 0 Å². The number of anilines is 1. The van der Waals surface area contributed by atoms with Gasteiger partial charge in [0.25, 0.3) is 5.56 Å². The average molecular weight is 299 g/mol. The minimum absolute atomic E-state index is 0.0220. The quantitative estimate of drug-likeness (QED) is 0.493. The molecule has 0 radical (unpaired) electrons. The summed E-state index contributed by atoms with van der Waals surface area (Å²) in [6, 6.07) is -0.0688. The van der Waals surface area contributed by atoms with Gasteiger partial charge in [-0.25, -0.2) is 0 Å². The predicted octanol–water partition coefficient (Wildman–Crippen LogP) is 1.95. The van der Waals surface area contributed by atoms with Crippen LogP contribution in [-0.2, 0) is 4.74 Å². The highest BCUT2D eigenvalue weighted by Gasteiger charge is 2.21. The summed E-state index contributed by atoms with van der Waals surface area (Å²) in [7, 11) is 0. The van der Waals surface area contributed by atoms with Crippen LogP contribution in [0.3, 0.4) is 0 Å². The molecule has 1 aromatic rings. The first-order valence-electron chi connectivity index (χ1n) is 6.09. The Bertz CT molecular complexity index is 570. The molecule has 8 heteroatoms. The molecule has 1 aliphatic rings. The first-order chi connectivity index (χ1) is 9.72. The van der Waals surface area contributed by atoms with Crippen molar-refractivity contribution in [2.45, 2.75) is 18.9 Å². The predicted molar refractivity (Wildman–Crippen MR) is 75.4 cm³/mol. The fourth-order valence-electron chi connectivity index (χ4n) is 2.28. The van der Waals surface area contributed by atoms with Gasteiger partial charge in [-0.1, -0.05) is 0 Å². The second-order valence-electron chi connectivity index (χ2n) is 4.37. The zero-order valence-corrected chi connectivity index (χ0v) is 11.4. The van der Waals surface area contributed by atoms with E-state index in [0.29, 0.717) is 32.3 Å². The lowest BCUT2D eigenvalue weighted by molar-refractivity contribution is 0.0686. The van der Waals surface area contributed by atoms with Crippen LogP contribution in [-0.4, -0.2) is 30.3 Å². The van der Waals surface area contributed by atoms with E-state index in [4.69, 9.17) is 10.1 Å². The summed E-state index contributed by atoms with van der Waals surface area (Å²) >= 11 is -0.216. The van der Waals surface area contributed by atoms with Crippen LogP contribution in [0.5, 0.6) is 0 Å². The maximum absolute atomic E-state index is 12.4. The highest BCUT2D eigenvalue weighted by molar-refractivity contribution is 7.95. The van der Waals surface area contributed by atoms with Gasteiger partial charge in [-0.3, -0.25) is 9.59 Å². The van der Waals surface area contributed by atoms with Crippen molar-refractivity contribution in [1.82, 2.24) is 4.57 Å². The summed E-state index contributed by atoms with van der Waals surface area (Å²) in [5, 5.41) is 7.34. The Morgan fingerprint density at radius 3 is 2.75 bits per heavy atom. The lowest BCUT2D eigenvalue weighted by atomic mass is 10.1. The molecule has 108 valence electrons. The molecule has 2 heterocycles. The minimum atomic E-state index is -0.408. The molecule has 0 aromatic carbocycles. The van der Waals surface area contributed by atoms with E-state index < -0.39 is 5.56 Å². The number of rotatable bonds is 5. The SMILES string of the molecule is N=Cc1c(NSF)c(C=O)cn(C2CCOCC2)c1=O. The lowest BCUT2D eigenvalue weighted by Gasteiger charge is -2.25. The molecule has 2 rings (SSSR count). The van der Waals surface area contributed by atoms with Crippen LogP contribution in [0.4, 0.5) is 9.57 Å². The Balaban J connectivity index is 2.55. The van der Waals surface area contributed by atoms with Crippen molar-refractivity contribution < 1.29 is 13.4 Å². The molecule has 0 amide bonds. The van der Waals surface area contributed by atoms with Crippen molar-refractivity contribution in [3.8, 4) is 0 Å². The van der Waals surface area contributed by atoms with Crippen molar-refractivity contribution in [3.63, 3.8) is 0 Å². The molecule has 1 saturated heterocycles. The standard InChI is InChI=1S/C12H14FN3O3S/c13-20-15-11-8(7-17)6-16(12(18)10(11)5-14)9-1-3-19-4-2-9/h5-7,9,14-15H,1-4H2. The maximum Gasteiger partial charge on any atom is 0.261 e. The number of aromatic nitrogens is 1. The maximum atomic E-state index is 12.4. The Labute approximate surface area is 119 Å². The van der Waals surface area contributed by atoms with E-state index in [9.17, 15) is 13.5 Å². The number of carbonyl (C=O) groups excluding carboxylic acids is 1. The number of nitrogens with zero attached hydrogens (tertiary/aromatic N) is 1. The Morgan fingerprint density at radius 1 is 1.50 bits per heavy atom. The molecule has 0 saturated carbocycles. The number of hydrogen-bond donors (Lipinski definition) is 2. The van der Waals surface area contributed by atoms with Crippen molar-refractivity contribution in [1.29, 1.82) is 5.41 Å². The molecule has 0 bridgehead atoms. The van der Waals surface area contributed by atoms with Crippen molar-refractivity contribution >= 4 is 30.5 Å². The Kier molecular flexibility index (Phi) is 4.91. The van der Waals surface area contributed by atoms with E-state index in [1.165, 1.54) is 10.8 Å². The van der Waals surface area contributed by atoms with Gasteiger partial charge in [-0.2, -0.15) is 0 Å². The van der Waals surface area contributed by atoms with Crippen LogP contribution in [0, 0.1) is 5.41 Å². The average Bonchev–Trinajstić information content (AvgIpc) is 2.49. The lowest BCUT2D eigenvalue weighted by Crippen LogP contribution is -2.32. The number of aldehydes is 1. The van der Waals surface area contributed by atoms with Crippen molar-refractivity contribution in [2.75, 3.05) is 17.9 Å². The molecule has 20 heavy (non-hydrogen) atoms. The summed E-state index contributed by atoms with van der Waals surface area (Å²) in [5.41, 5.74) is -0.240. The van der Waals surface area contributed by atoms with Gasteiger partial charge in [0.05, 0.1) is 16.8 Å². The molecule has 1 aliphatic heterocycles. The fraction of sp³-hybridized carbons (Fsp3) is 0.417.